The van der Waals surface area contributed by atoms with Crippen LogP contribution in [0.1, 0.15) is 9.67 Å². The quantitative estimate of drug-likeness (QED) is 0.761. The molecule has 0 unspecified atom stereocenters. The minimum Gasteiger partial charge on any atom is -0.346 e. The molecule has 4 nitrogen and oxygen atoms in total. The molecule has 0 saturated carbocycles. The monoisotopic (exact) mass is 193 g/mol. The third-order valence-electron chi connectivity index (χ3n) is 1.00. The van der Waals surface area contributed by atoms with Gasteiger partial charge < -0.3 is 5.32 Å². The van der Waals surface area contributed by atoms with Crippen molar-refractivity contribution >= 4 is 17.4 Å². The van der Waals surface area contributed by atoms with Gasteiger partial charge in [-0.1, -0.05) is 4.49 Å². The maximum Gasteiger partial charge on any atom is 0.264 e. The molecule has 1 aromatic rings. The molecule has 1 heterocycles. The highest BCUT2D eigenvalue weighted by molar-refractivity contribution is 7.07. The molecule has 7 heteroatoms. The summed E-state index contributed by atoms with van der Waals surface area (Å²) in [5, 5.41) is 5.42. The summed E-state index contributed by atoms with van der Waals surface area (Å²) in [5.74, 6) is -0.565. The Kier molecular flexibility index (Phi) is 3.03. The van der Waals surface area contributed by atoms with Gasteiger partial charge in [-0.3, -0.25) is 4.79 Å². The molecule has 0 atom stereocenters. The molecule has 0 spiro atoms. The summed E-state index contributed by atoms with van der Waals surface area (Å²) in [4.78, 5) is 11.1. The number of carbonyl (C=O) groups is 1. The lowest BCUT2D eigenvalue weighted by atomic mass is 10.5. The lowest BCUT2D eigenvalue weighted by molar-refractivity contribution is 0.0895. The molecule has 0 aliphatic heterocycles. The van der Waals surface area contributed by atoms with Gasteiger partial charge in [0.05, 0.1) is 12.7 Å². The van der Waals surface area contributed by atoms with E-state index in [-0.39, 0.29) is 4.88 Å². The Morgan fingerprint density at radius 3 is 3.00 bits per heavy atom. The minimum atomic E-state index is -2.53. The van der Waals surface area contributed by atoms with Crippen LogP contribution in [0.3, 0.4) is 0 Å². The van der Waals surface area contributed by atoms with Crippen LogP contribution < -0.4 is 5.32 Å². The van der Waals surface area contributed by atoms with Crippen LogP contribution in [0, 0.1) is 0 Å². The van der Waals surface area contributed by atoms with Crippen LogP contribution in [0.15, 0.2) is 6.20 Å². The number of halogens is 2. The molecule has 66 valence electrons. The molecule has 0 aromatic carbocycles. The van der Waals surface area contributed by atoms with Gasteiger partial charge in [-0.05, 0) is 11.5 Å². The number of nitrogens with zero attached hydrogens (tertiary/aromatic N) is 2. The fourth-order valence-corrected chi connectivity index (χ4v) is 0.956. The predicted molar refractivity (Wildman–Crippen MR) is 38.2 cm³/mol. The lowest BCUT2D eigenvalue weighted by Crippen LogP contribution is -2.27. The first-order valence-electron chi connectivity index (χ1n) is 3.04. The second-order valence-electron chi connectivity index (χ2n) is 1.88. The van der Waals surface area contributed by atoms with Crippen LogP contribution in [0.2, 0.25) is 0 Å². The molecule has 0 fully saturated rings. The highest BCUT2D eigenvalue weighted by Crippen LogP contribution is 2.01. The number of aromatic nitrogens is 2. The Labute approximate surface area is 70.8 Å². The number of hydrogen-bond acceptors (Lipinski definition) is 4. The maximum absolute atomic E-state index is 11.6. The molecule has 0 aliphatic carbocycles. The first-order chi connectivity index (χ1) is 5.70. The Morgan fingerprint density at radius 2 is 2.50 bits per heavy atom. The molecule has 1 N–H and O–H groups in total. The van der Waals surface area contributed by atoms with Crippen LogP contribution in [0.25, 0.3) is 0 Å². The van der Waals surface area contributed by atoms with Crippen molar-refractivity contribution in [3.63, 3.8) is 0 Å². The van der Waals surface area contributed by atoms with Gasteiger partial charge in [0, 0.05) is 0 Å². The Bertz CT molecular complexity index is 251. The van der Waals surface area contributed by atoms with Gasteiger partial charge >= 0.3 is 0 Å². The number of hydrogen-bond donors (Lipinski definition) is 1. The van der Waals surface area contributed by atoms with E-state index in [0.717, 1.165) is 11.5 Å². The van der Waals surface area contributed by atoms with Crippen LogP contribution in [0.5, 0.6) is 0 Å². The lowest BCUT2D eigenvalue weighted by Gasteiger charge is -1.99. The zero-order chi connectivity index (χ0) is 8.97. The average Bonchev–Trinajstić information content (AvgIpc) is 2.51. The van der Waals surface area contributed by atoms with Gasteiger partial charge in [0.1, 0.15) is 4.88 Å². The number of alkyl halides is 2. The van der Waals surface area contributed by atoms with E-state index in [1.165, 1.54) is 6.20 Å². The summed E-state index contributed by atoms with van der Waals surface area (Å²) in [6.07, 6.45) is -1.30. The van der Waals surface area contributed by atoms with Gasteiger partial charge in [-0.15, -0.1) is 5.10 Å². The standard InChI is InChI=1S/C5H5F2N3OS/c6-4(7)2-8-5(11)3-1-9-10-12-3/h1,4H,2H2,(H,8,11). The smallest absolute Gasteiger partial charge is 0.264 e. The van der Waals surface area contributed by atoms with E-state index in [1.54, 1.807) is 0 Å². The first kappa shape index (κ1) is 8.98. The second-order valence-corrected chi connectivity index (χ2v) is 2.67. The van der Waals surface area contributed by atoms with E-state index in [1.807, 2.05) is 5.32 Å². The van der Waals surface area contributed by atoms with Crippen molar-refractivity contribution in [1.82, 2.24) is 14.9 Å². The van der Waals surface area contributed by atoms with Crippen molar-refractivity contribution in [1.29, 1.82) is 0 Å². The molecular weight excluding hydrogens is 188 g/mol. The molecule has 0 bridgehead atoms. The number of carbonyl (C=O) groups excluding carboxylic acids is 1. The molecule has 0 radical (unpaired) electrons. The van der Waals surface area contributed by atoms with E-state index in [0.29, 0.717) is 0 Å². The van der Waals surface area contributed by atoms with Gasteiger partial charge in [0.25, 0.3) is 12.3 Å². The molecule has 12 heavy (non-hydrogen) atoms. The maximum atomic E-state index is 11.6. The van der Waals surface area contributed by atoms with Gasteiger partial charge in [-0.25, -0.2) is 8.78 Å². The predicted octanol–water partition coefficient (Wildman–Crippen LogP) is 0.533. The summed E-state index contributed by atoms with van der Waals surface area (Å²) >= 11 is 0.865. The second kappa shape index (κ2) is 4.05. The van der Waals surface area contributed by atoms with Gasteiger partial charge in [0.2, 0.25) is 0 Å². The molecule has 1 rings (SSSR count). The van der Waals surface area contributed by atoms with E-state index >= 15 is 0 Å². The summed E-state index contributed by atoms with van der Waals surface area (Å²) < 4.78 is 26.6. The molecule has 1 aromatic heterocycles. The highest BCUT2D eigenvalue weighted by Gasteiger charge is 2.10. The fourth-order valence-electron chi connectivity index (χ4n) is 0.524. The van der Waals surface area contributed by atoms with Crippen LogP contribution in [-0.4, -0.2) is 28.5 Å². The van der Waals surface area contributed by atoms with Crippen LogP contribution in [-0.2, 0) is 0 Å². The summed E-state index contributed by atoms with van der Waals surface area (Å²) in [5.41, 5.74) is 0. The normalized spacial score (nSPS) is 10.2. The Morgan fingerprint density at radius 1 is 1.75 bits per heavy atom. The van der Waals surface area contributed by atoms with E-state index < -0.39 is 18.9 Å². The molecular formula is C5H5F2N3OS. The fraction of sp³-hybridized carbons (Fsp3) is 0.400. The van der Waals surface area contributed by atoms with E-state index in [2.05, 4.69) is 9.59 Å². The first-order valence-corrected chi connectivity index (χ1v) is 3.81. The summed E-state index contributed by atoms with van der Waals surface area (Å²) in [6.45, 7) is -0.642. The number of amides is 1. The SMILES string of the molecule is O=C(NCC(F)F)c1cnns1. The Balaban J connectivity index is 2.40. The summed E-state index contributed by atoms with van der Waals surface area (Å²) in [7, 11) is 0. The van der Waals surface area contributed by atoms with Gasteiger partial charge in [0.15, 0.2) is 0 Å². The number of rotatable bonds is 3. The van der Waals surface area contributed by atoms with Crippen molar-refractivity contribution in [3.05, 3.63) is 11.1 Å². The molecule has 0 saturated heterocycles. The van der Waals surface area contributed by atoms with Crippen molar-refractivity contribution in [3.8, 4) is 0 Å². The third-order valence-corrected chi connectivity index (χ3v) is 1.67. The third kappa shape index (κ3) is 2.50. The van der Waals surface area contributed by atoms with Gasteiger partial charge in [-0.2, -0.15) is 0 Å². The largest absolute Gasteiger partial charge is 0.346 e. The number of nitrogens with one attached hydrogen (secondary N) is 1. The van der Waals surface area contributed by atoms with Crippen molar-refractivity contribution in [2.45, 2.75) is 6.43 Å². The minimum absolute atomic E-state index is 0.232. The van der Waals surface area contributed by atoms with Crippen LogP contribution in [0.4, 0.5) is 8.78 Å². The van der Waals surface area contributed by atoms with E-state index in [4.69, 9.17) is 0 Å². The van der Waals surface area contributed by atoms with Crippen LogP contribution >= 0.6 is 11.5 Å². The topological polar surface area (TPSA) is 54.9 Å². The molecule has 0 aliphatic rings. The highest BCUT2D eigenvalue weighted by atomic mass is 32.1. The van der Waals surface area contributed by atoms with E-state index in [9.17, 15) is 13.6 Å². The Hall–Kier alpha value is -1.11. The molecule has 1 amide bonds. The summed E-state index contributed by atoms with van der Waals surface area (Å²) in [6, 6.07) is 0. The van der Waals surface area contributed by atoms with Crippen molar-refractivity contribution < 1.29 is 13.6 Å². The zero-order valence-electron chi connectivity index (χ0n) is 5.83. The van der Waals surface area contributed by atoms with Crippen molar-refractivity contribution in [2.24, 2.45) is 0 Å². The average molecular weight is 193 g/mol. The zero-order valence-corrected chi connectivity index (χ0v) is 6.65. The van der Waals surface area contributed by atoms with Crippen molar-refractivity contribution in [2.75, 3.05) is 6.54 Å².